The maximum absolute atomic E-state index is 12.1. The van der Waals surface area contributed by atoms with Gasteiger partial charge in [0.1, 0.15) is 11.8 Å². The molecule has 1 unspecified atom stereocenters. The Balaban J connectivity index is 2.91. The van der Waals surface area contributed by atoms with Gasteiger partial charge in [0.15, 0.2) is 0 Å². The fraction of sp³-hybridized carbons (Fsp3) is 0.417. The summed E-state index contributed by atoms with van der Waals surface area (Å²) in [5.41, 5.74) is 0.211. The number of aliphatic carboxylic acids is 1. The van der Waals surface area contributed by atoms with E-state index in [-0.39, 0.29) is 5.56 Å². The summed E-state index contributed by atoms with van der Waals surface area (Å²) in [5.74, 6) is -1.59. The predicted molar refractivity (Wildman–Crippen MR) is 61.8 cm³/mol. The van der Waals surface area contributed by atoms with Crippen LogP contribution in [-0.2, 0) is 4.79 Å². The van der Waals surface area contributed by atoms with E-state index in [0.717, 1.165) is 12.1 Å². The van der Waals surface area contributed by atoms with Crippen LogP contribution in [0.4, 0.5) is 13.2 Å². The molecular formula is C12H14F3NO3. The Morgan fingerprint density at radius 3 is 2.68 bits per heavy atom. The van der Waals surface area contributed by atoms with Gasteiger partial charge in [-0.1, -0.05) is 19.1 Å². The minimum atomic E-state index is -4.80. The van der Waals surface area contributed by atoms with E-state index < -0.39 is 24.1 Å². The monoisotopic (exact) mass is 277 g/mol. The number of carboxylic acid groups (broad SMARTS) is 1. The maximum atomic E-state index is 12.1. The predicted octanol–water partition coefficient (Wildman–Crippen LogP) is 2.71. The first kappa shape index (κ1) is 15.3. The van der Waals surface area contributed by atoms with E-state index in [1.165, 1.54) is 12.1 Å². The number of alkyl halides is 3. The zero-order valence-corrected chi connectivity index (χ0v) is 10.2. The van der Waals surface area contributed by atoms with Gasteiger partial charge in [-0.25, -0.2) is 0 Å². The van der Waals surface area contributed by atoms with Crippen molar-refractivity contribution in [2.45, 2.75) is 25.7 Å². The molecule has 0 amide bonds. The molecule has 0 aliphatic carbocycles. The number of benzene rings is 1. The lowest BCUT2D eigenvalue weighted by Crippen LogP contribution is -2.29. The minimum Gasteiger partial charge on any atom is -0.480 e. The third kappa shape index (κ3) is 5.17. The highest BCUT2D eigenvalue weighted by Crippen LogP contribution is 2.25. The van der Waals surface area contributed by atoms with E-state index in [0.29, 0.717) is 13.0 Å². The Hall–Kier alpha value is -1.76. The number of halogens is 3. The van der Waals surface area contributed by atoms with Gasteiger partial charge in [0.05, 0.1) is 0 Å². The van der Waals surface area contributed by atoms with E-state index in [9.17, 15) is 18.0 Å². The highest BCUT2D eigenvalue weighted by molar-refractivity contribution is 5.75. The SMILES string of the molecule is CCCNC(C(=O)O)c1cccc(OC(F)(F)F)c1. The van der Waals surface area contributed by atoms with Crippen LogP contribution in [0, 0.1) is 0 Å². The number of carboxylic acids is 1. The van der Waals surface area contributed by atoms with Crippen LogP contribution in [0.25, 0.3) is 0 Å². The fourth-order valence-corrected chi connectivity index (χ4v) is 1.53. The highest BCUT2D eigenvalue weighted by Gasteiger charge is 2.31. The van der Waals surface area contributed by atoms with Gasteiger partial charge in [-0.15, -0.1) is 13.2 Å². The zero-order valence-electron chi connectivity index (χ0n) is 10.2. The van der Waals surface area contributed by atoms with Crippen molar-refractivity contribution in [3.05, 3.63) is 29.8 Å². The molecule has 0 heterocycles. The first-order chi connectivity index (χ1) is 8.83. The Morgan fingerprint density at radius 2 is 2.16 bits per heavy atom. The summed E-state index contributed by atoms with van der Waals surface area (Å²) in [5, 5.41) is 11.8. The third-order valence-corrected chi connectivity index (χ3v) is 2.27. The summed E-state index contributed by atoms with van der Waals surface area (Å²) in [6.45, 7) is 2.30. The quantitative estimate of drug-likeness (QED) is 0.839. The second-order valence-electron chi connectivity index (χ2n) is 3.85. The number of nitrogens with one attached hydrogen (secondary N) is 1. The summed E-state index contributed by atoms with van der Waals surface area (Å²) >= 11 is 0. The molecule has 7 heteroatoms. The lowest BCUT2D eigenvalue weighted by Gasteiger charge is -2.16. The van der Waals surface area contributed by atoms with Crippen molar-refractivity contribution < 1.29 is 27.8 Å². The Kier molecular flexibility index (Phi) is 5.17. The average molecular weight is 277 g/mol. The molecule has 19 heavy (non-hydrogen) atoms. The van der Waals surface area contributed by atoms with E-state index in [1.807, 2.05) is 6.92 Å². The molecule has 2 N–H and O–H groups in total. The summed E-state index contributed by atoms with van der Waals surface area (Å²) in [6.07, 6.45) is -4.09. The lowest BCUT2D eigenvalue weighted by atomic mass is 10.1. The van der Waals surface area contributed by atoms with Crippen LogP contribution in [0.15, 0.2) is 24.3 Å². The molecule has 1 aromatic carbocycles. The Morgan fingerprint density at radius 1 is 1.47 bits per heavy atom. The normalized spacial score (nSPS) is 13.1. The van der Waals surface area contributed by atoms with Crippen molar-refractivity contribution in [2.75, 3.05) is 6.54 Å². The van der Waals surface area contributed by atoms with Crippen molar-refractivity contribution in [1.29, 1.82) is 0 Å². The molecule has 0 aliphatic rings. The molecule has 4 nitrogen and oxygen atoms in total. The first-order valence-corrected chi connectivity index (χ1v) is 5.65. The molecule has 0 saturated heterocycles. The molecule has 1 aromatic rings. The van der Waals surface area contributed by atoms with Crippen LogP contribution in [-0.4, -0.2) is 24.0 Å². The molecule has 0 radical (unpaired) electrons. The van der Waals surface area contributed by atoms with Crippen LogP contribution in [0.1, 0.15) is 24.9 Å². The summed E-state index contributed by atoms with van der Waals surface area (Å²) < 4.78 is 40.0. The van der Waals surface area contributed by atoms with Gasteiger partial charge in [0.25, 0.3) is 0 Å². The van der Waals surface area contributed by atoms with Crippen LogP contribution in [0.5, 0.6) is 5.75 Å². The molecule has 0 bridgehead atoms. The summed E-state index contributed by atoms with van der Waals surface area (Å²) in [4.78, 5) is 11.1. The molecule has 0 spiro atoms. The molecule has 1 rings (SSSR count). The van der Waals surface area contributed by atoms with Crippen molar-refractivity contribution in [1.82, 2.24) is 5.32 Å². The second kappa shape index (κ2) is 6.42. The number of carbonyl (C=O) groups is 1. The van der Waals surface area contributed by atoms with Crippen molar-refractivity contribution >= 4 is 5.97 Å². The molecule has 0 saturated carbocycles. The summed E-state index contributed by atoms with van der Waals surface area (Å²) in [7, 11) is 0. The van der Waals surface area contributed by atoms with E-state index >= 15 is 0 Å². The Labute approximate surface area is 108 Å². The first-order valence-electron chi connectivity index (χ1n) is 5.65. The molecule has 1 atom stereocenters. The van der Waals surface area contributed by atoms with Gasteiger partial charge in [0, 0.05) is 0 Å². The van der Waals surface area contributed by atoms with Gasteiger partial charge >= 0.3 is 12.3 Å². The van der Waals surface area contributed by atoms with Crippen molar-refractivity contribution in [3.63, 3.8) is 0 Å². The van der Waals surface area contributed by atoms with Gasteiger partial charge in [-0.05, 0) is 30.7 Å². The van der Waals surface area contributed by atoms with Crippen LogP contribution >= 0.6 is 0 Å². The standard InChI is InChI=1S/C12H14F3NO3/c1-2-6-16-10(11(17)18)8-4-3-5-9(7-8)19-12(13,14)15/h3-5,7,10,16H,2,6H2,1H3,(H,17,18). The van der Waals surface area contributed by atoms with Crippen molar-refractivity contribution in [2.24, 2.45) is 0 Å². The fourth-order valence-electron chi connectivity index (χ4n) is 1.53. The number of hydrogen-bond donors (Lipinski definition) is 2. The van der Waals surface area contributed by atoms with Gasteiger partial charge in [-0.3, -0.25) is 4.79 Å². The van der Waals surface area contributed by atoms with E-state index in [2.05, 4.69) is 10.1 Å². The topological polar surface area (TPSA) is 58.6 Å². The van der Waals surface area contributed by atoms with Crippen LogP contribution in [0.3, 0.4) is 0 Å². The molecule has 0 fully saturated rings. The van der Waals surface area contributed by atoms with E-state index in [1.54, 1.807) is 0 Å². The lowest BCUT2D eigenvalue weighted by molar-refractivity contribution is -0.274. The molecule has 0 aromatic heterocycles. The zero-order chi connectivity index (χ0) is 14.5. The number of hydrogen-bond acceptors (Lipinski definition) is 3. The molecule has 0 aliphatic heterocycles. The van der Waals surface area contributed by atoms with Crippen LogP contribution in [0.2, 0.25) is 0 Å². The molecule has 106 valence electrons. The maximum Gasteiger partial charge on any atom is 0.573 e. The van der Waals surface area contributed by atoms with Gasteiger partial charge in [0.2, 0.25) is 0 Å². The van der Waals surface area contributed by atoms with Gasteiger partial charge in [-0.2, -0.15) is 0 Å². The minimum absolute atomic E-state index is 0.211. The summed E-state index contributed by atoms with van der Waals surface area (Å²) in [6, 6.07) is 3.88. The number of rotatable bonds is 6. The van der Waals surface area contributed by atoms with E-state index in [4.69, 9.17) is 5.11 Å². The highest BCUT2D eigenvalue weighted by atomic mass is 19.4. The smallest absolute Gasteiger partial charge is 0.480 e. The Bertz CT molecular complexity index is 434. The molecular weight excluding hydrogens is 263 g/mol. The van der Waals surface area contributed by atoms with Gasteiger partial charge < -0.3 is 15.2 Å². The number of ether oxygens (including phenoxy) is 1. The van der Waals surface area contributed by atoms with Crippen LogP contribution < -0.4 is 10.1 Å². The third-order valence-electron chi connectivity index (χ3n) is 2.27. The second-order valence-corrected chi connectivity index (χ2v) is 3.85. The van der Waals surface area contributed by atoms with Crippen molar-refractivity contribution in [3.8, 4) is 5.75 Å². The largest absolute Gasteiger partial charge is 0.573 e. The average Bonchev–Trinajstić information content (AvgIpc) is 2.27.